The summed E-state index contributed by atoms with van der Waals surface area (Å²) >= 11 is 3.61. The third kappa shape index (κ3) is 6.22. The Hall–Kier alpha value is -1.56. The Kier molecular flexibility index (Phi) is 7.55. The van der Waals surface area contributed by atoms with Gasteiger partial charge >= 0.3 is 0 Å². The number of hydrogen-bond donors (Lipinski definition) is 2. The van der Waals surface area contributed by atoms with Gasteiger partial charge in [0.15, 0.2) is 5.96 Å². The first-order chi connectivity index (χ1) is 10.8. The number of halogens is 1. The molecule has 0 spiro atoms. The molecular formula is C17H27BrN4O. The van der Waals surface area contributed by atoms with Crippen molar-refractivity contribution in [3.05, 3.63) is 34.3 Å². The van der Waals surface area contributed by atoms with Crippen LogP contribution in [0.15, 0.2) is 33.7 Å². The average molecular weight is 383 g/mol. The van der Waals surface area contributed by atoms with Gasteiger partial charge in [0.2, 0.25) is 5.91 Å². The van der Waals surface area contributed by atoms with Crippen LogP contribution in [0.25, 0.3) is 0 Å². The van der Waals surface area contributed by atoms with Gasteiger partial charge in [-0.15, -0.1) is 0 Å². The summed E-state index contributed by atoms with van der Waals surface area (Å²) in [5, 5.41) is 6.50. The molecule has 0 atom stereocenters. The number of nitrogens with zero attached hydrogens (tertiary/aromatic N) is 2. The maximum Gasteiger partial charge on any atom is 0.243 e. The Bertz CT molecular complexity index is 555. The highest BCUT2D eigenvalue weighted by molar-refractivity contribution is 9.10. The summed E-state index contributed by atoms with van der Waals surface area (Å²) in [6, 6.07) is 8.21. The van der Waals surface area contributed by atoms with Gasteiger partial charge in [0.05, 0.1) is 0 Å². The normalized spacial score (nSPS) is 12.0. The molecule has 1 aromatic carbocycles. The van der Waals surface area contributed by atoms with E-state index in [1.54, 1.807) is 14.1 Å². The molecule has 0 aliphatic carbocycles. The zero-order chi connectivity index (χ0) is 17.5. The van der Waals surface area contributed by atoms with E-state index in [1.165, 1.54) is 10.5 Å². The van der Waals surface area contributed by atoms with Crippen molar-refractivity contribution in [3.63, 3.8) is 0 Å². The molecule has 1 amide bonds. The second kappa shape index (κ2) is 8.91. The van der Waals surface area contributed by atoms with Crippen molar-refractivity contribution in [2.75, 3.05) is 33.7 Å². The number of benzene rings is 1. The van der Waals surface area contributed by atoms with Gasteiger partial charge < -0.3 is 15.5 Å². The van der Waals surface area contributed by atoms with Crippen LogP contribution in [0.2, 0.25) is 0 Å². The first-order valence-corrected chi connectivity index (χ1v) is 8.54. The van der Waals surface area contributed by atoms with Gasteiger partial charge in [0.1, 0.15) is 6.54 Å². The number of aliphatic imine (C=N–C) groups is 1. The maximum absolute atomic E-state index is 11.7. The summed E-state index contributed by atoms with van der Waals surface area (Å²) in [4.78, 5) is 17.6. The van der Waals surface area contributed by atoms with E-state index in [2.05, 4.69) is 51.5 Å². The van der Waals surface area contributed by atoms with Crippen molar-refractivity contribution < 1.29 is 4.79 Å². The average Bonchev–Trinajstić information content (AvgIpc) is 2.49. The second-order valence-electron chi connectivity index (χ2n) is 6.20. The molecule has 0 aliphatic heterocycles. The van der Waals surface area contributed by atoms with E-state index in [9.17, 15) is 4.79 Å². The highest BCUT2D eigenvalue weighted by Crippen LogP contribution is 2.29. The van der Waals surface area contributed by atoms with Crippen molar-refractivity contribution in [1.82, 2.24) is 15.5 Å². The third-order valence-electron chi connectivity index (χ3n) is 3.52. The Morgan fingerprint density at radius 2 is 1.91 bits per heavy atom. The van der Waals surface area contributed by atoms with Gasteiger partial charge in [-0.25, -0.2) is 4.99 Å². The summed E-state index contributed by atoms with van der Waals surface area (Å²) in [6.07, 6.45) is 0. The molecular weight excluding hydrogens is 356 g/mol. The Morgan fingerprint density at radius 1 is 1.26 bits per heavy atom. The summed E-state index contributed by atoms with van der Waals surface area (Å²) in [5.74, 6) is 0.634. The van der Waals surface area contributed by atoms with E-state index in [4.69, 9.17) is 0 Å². The lowest BCUT2D eigenvalue weighted by Crippen LogP contribution is -2.44. The molecule has 0 unspecified atom stereocenters. The molecule has 0 aliphatic rings. The van der Waals surface area contributed by atoms with Crippen LogP contribution in [0.5, 0.6) is 0 Å². The fourth-order valence-electron chi connectivity index (χ4n) is 2.04. The van der Waals surface area contributed by atoms with Gasteiger partial charge in [-0.1, -0.05) is 48.0 Å². The van der Waals surface area contributed by atoms with Crippen LogP contribution in [0.1, 0.15) is 26.3 Å². The number of guanidine groups is 1. The number of likely N-dealkylation sites (N-methyl/N-ethyl adjacent to an activating group) is 1. The molecule has 2 N–H and O–H groups in total. The van der Waals surface area contributed by atoms with Crippen LogP contribution >= 0.6 is 15.9 Å². The van der Waals surface area contributed by atoms with Crippen LogP contribution in [0.4, 0.5) is 0 Å². The standard InChI is InChI=1S/C17H27BrN4O/c1-6-19-16(20-11-15(23)22(4)5)21-12-17(2,3)13-9-7-8-10-14(13)18/h7-10H,6,11-12H2,1-5H3,(H2,19,20,21). The summed E-state index contributed by atoms with van der Waals surface area (Å²) < 4.78 is 1.09. The topological polar surface area (TPSA) is 56.7 Å². The molecule has 0 saturated heterocycles. The first kappa shape index (κ1) is 19.5. The molecule has 0 saturated carbocycles. The second-order valence-corrected chi connectivity index (χ2v) is 7.05. The third-order valence-corrected chi connectivity index (χ3v) is 4.21. The lowest BCUT2D eigenvalue weighted by atomic mass is 9.84. The van der Waals surface area contributed by atoms with Crippen LogP contribution in [-0.2, 0) is 10.2 Å². The fraction of sp³-hybridized carbons (Fsp3) is 0.529. The summed E-state index contributed by atoms with van der Waals surface area (Å²) in [6.45, 7) is 7.94. The Balaban J connectivity index is 2.76. The lowest BCUT2D eigenvalue weighted by molar-refractivity contribution is -0.127. The number of carbonyl (C=O) groups excluding carboxylic acids is 1. The van der Waals surface area contributed by atoms with E-state index in [0.717, 1.165) is 11.0 Å². The molecule has 0 heterocycles. The summed E-state index contributed by atoms with van der Waals surface area (Å²) in [7, 11) is 3.46. The van der Waals surface area contributed by atoms with Crippen molar-refractivity contribution in [1.29, 1.82) is 0 Å². The predicted octanol–water partition coefficient (Wildman–Crippen LogP) is 2.37. The molecule has 6 heteroatoms. The van der Waals surface area contributed by atoms with Crippen molar-refractivity contribution in [2.45, 2.75) is 26.2 Å². The Morgan fingerprint density at radius 3 is 2.48 bits per heavy atom. The molecule has 0 radical (unpaired) electrons. The van der Waals surface area contributed by atoms with E-state index < -0.39 is 0 Å². The van der Waals surface area contributed by atoms with Crippen LogP contribution in [0, 0.1) is 0 Å². The predicted molar refractivity (Wildman–Crippen MR) is 99.8 cm³/mol. The van der Waals surface area contributed by atoms with Gasteiger partial charge in [-0.3, -0.25) is 4.79 Å². The molecule has 0 fully saturated rings. The molecule has 5 nitrogen and oxygen atoms in total. The maximum atomic E-state index is 11.7. The van der Waals surface area contributed by atoms with Gasteiger partial charge in [0.25, 0.3) is 0 Å². The van der Waals surface area contributed by atoms with Crippen molar-refractivity contribution in [3.8, 4) is 0 Å². The molecule has 0 bridgehead atoms. The number of nitrogens with one attached hydrogen (secondary N) is 2. The first-order valence-electron chi connectivity index (χ1n) is 7.75. The van der Waals surface area contributed by atoms with E-state index >= 15 is 0 Å². The van der Waals surface area contributed by atoms with Crippen LogP contribution in [-0.4, -0.2) is 50.5 Å². The van der Waals surface area contributed by atoms with Gasteiger partial charge in [-0.05, 0) is 18.6 Å². The van der Waals surface area contributed by atoms with Crippen molar-refractivity contribution >= 4 is 27.8 Å². The molecule has 128 valence electrons. The quantitative estimate of drug-likeness (QED) is 0.586. The number of carbonyl (C=O) groups is 1. The molecule has 1 aromatic rings. The number of amides is 1. The van der Waals surface area contributed by atoms with Crippen LogP contribution in [0.3, 0.4) is 0 Å². The minimum absolute atomic E-state index is 0.0210. The number of rotatable bonds is 6. The zero-order valence-electron chi connectivity index (χ0n) is 14.6. The largest absolute Gasteiger partial charge is 0.357 e. The highest BCUT2D eigenvalue weighted by atomic mass is 79.9. The molecule has 1 rings (SSSR count). The van der Waals surface area contributed by atoms with Crippen molar-refractivity contribution in [2.24, 2.45) is 4.99 Å². The summed E-state index contributed by atoms with van der Waals surface area (Å²) in [5.41, 5.74) is 1.15. The fourth-order valence-corrected chi connectivity index (χ4v) is 2.86. The molecule has 0 aromatic heterocycles. The van der Waals surface area contributed by atoms with Gasteiger partial charge in [-0.2, -0.15) is 0 Å². The minimum Gasteiger partial charge on any atom is -0.357 e. The SMILES string of the molecule is CCNC(=NCC(=O)N(C)C)NCC(C)(C)c1ccccc1Br. The minimum atomic E-state index is -0.0815. The molecule has 23 heavy (non-hydrogen) atoms. The van der Waals surface area contributed by atoms with Crippen LogP contribution < -0.4 is 10.6 Å². The van der Waals surface area contributed by atoms with Gasteiger partial charge in [0, 0.05) is 37.1 Å². The monoisotopic (exact) mass is 382 g/mol. The zero-order valence-corrected chi connectivity index (χ0v) is 16.2. The smallest absolute Gasteiger partial charge is 0.243 e. The lowest BCUT2D eigenvalue weighted by Gasteiger charge is -2.28. The number of hydrogen-bond acceptors (Lipinski definition) is 2. The van der Waals surface area contributed by atoms with E-state index in [1.807, 2.05) is 25.1 Å². The Labute approximate surface area is 147 Å². The van der Waals surface area contributed by atoms with E-state index in [0.29, 0.717) is 12.5 Å². The van der Waals surface area contributed by atoms with E-state index in [-0.39, 0.29) is 17.9 Å². The highest BCUT2D eigenvalue weighted by Gasteiger charge is 2.23.